The second kappa shape index (κ2) is 5.06. The molecule has 0 heterocycles. The lowest BCUT2D eigenvalue weighted by Crippen LogP contribution is -2.12. The van der Waals surface area contributed by atoms with Crippen LogP contribution in [0.3, 0.4) is 0 Å². The molecule has 0 aromatic carbocycles. The highest BCUT2D eigenvalue weighted by Gasteiger charge is 1.70. The first-order valence-corrected chi connectivity index (χ1v) is 2.29. The van der Waals surface area contributed by atoms with E-state index < -0.39 is 6.26 Å². The highest BCUT2D eigenvalue weighted by molar-refractivity contribution is 7.16. The molecule has 6 heavy (non-hydrogen) atoms. The van der Waals surface area contributed by atoms with Gasteiger partial charge in [0.2, 0.25) is 0 Å². The van der Waals surface area contributed by atoms with Gasteiger partial charge in [0, 0.05) is 7.63 Å². The molecular weight excluding hydrogens is 97.0 g/mol. The summed E-state index contributed by atoms with van der Waals surface area (Å²) in [6.07, 6.45) is 0.316. The van der Waals surface area contributed by atoms with Gasteiger partial charge in [0.05, 0.1) is 6.54 Å². The number of carbonyl (C=O) groups is 1. The molecule has 0 aliphatic carbocycles. The Balaban J connectivity index is 2.81. The number of nitrogens with one attached hydrogen (secondary N) is 1. The zero-order valence-corrected chi connectivity index (χ0v) is 4.50. The Morgan fingerprint density at radius 1 is 2.17 bits per heavy atom. The molecule has 2 nitrogen and oxygen atoms in total. The maximum absolute atomic E-state index is 9.55. The van der Waals surface area contributed by atoms with Crippen molar-refractivity contribution in [3.05, 3.63) is 0 Å². The van der Waals surface area contributed by atoms with E-state index in [4.69, 9.17) is 1.37 Å². The van der Waals surface area contributed by atoms with Crippen LogP contribution in [0.2, 0.25) is 0 Å². The summed E-state index contributed by atoms with van der Waals surface area (Å²) in [6, 6.07) is 0. The molecule has 3 heteroatoms. The Labute approximate surface area is 40.9 Å². The van der Waals surface area contributed by atoms with Crippen molar-refractivity contribution in [2.45, 2.75) is 0 Å². The third-order valence-corrected chi connectivity index (χ3v) is 0.555. The number of carbonyl (C=O) groups excluding carboxylic acids is 1. The quantitative estimate of drug-likeness (QED) is 0.393. The third kappa shape index (κ3) is 4.06. The van der Waals surface area contributed by atoms with Gasteiger partial charge in [-0.25, -0.2) is 0 Å². The molecule has 0 aromatic heterocycles. The lowest BCUT2D eigenvalue weighted by Gasteiger charge is -1.85. The molecule has 36 valence electrons. The number of hydrogen-bond donors (Lipinski definition) is 1. The zero-order valence-electron chi connectivity index (χ0n) is 4.35. The van der Waals surface area contributed by atoms with Gasteiger partial charge in [-0.2, -0.15) is 0 Å². The van der Waals surface area contributed by atoms with Crippen LogP contribution in [-0.2, 0) is 4.79 Å². The van der Waals surface area contributed by atoms with E-state index in [1.54, 1.807) is 0 Å². The summed E-state index contributed by atoms with van der Waals surface area (Å²) in [4.78, 5) is 9.55. The molecule has 0 rings (SSSR count). The summed E-state index contributed by atoms with van der Waals surface area (Å²) in [5.41, 5.74) is 0. The van der Waals surface area contributed by atoms with Crippen molar-refractivity contribution in [1.82, 2.24) is 5.32 Å². The first-order chi connectivity index (χ1) is 3.27. The molecule has 2 atom stereocenters. The van der Waals surface area contributed by atoms with E-state index in [1.807, 2.05) is 0 Å². The lowest BCUT2D eigenvalue weighted by atomic mass is 10.7. The highest BCUT2D eigenvalue weighted by Crippen LogP contribution is 1.67. The van der Waals surface area contributed by atoms with Gasteiger partial charge in [0.25, 0.3) is 0 Å². The van der Waals surface area contributed by atoms with E-state index in [2.05, 4.69) is 14.6 Å². The second-order valence-corrected chi connectivity index (χ2v) is 1.07. The first kappa shape index (κ1) is 4.23. The number of hydrogen-bond acceptors (Lipinski definition) is 2. The van der Waals surface area contributed by atoms with Crippen LogP contribution in [0.5, 0.6) is 0 Å². The van der Waals surface area contributed by atoms with Gasteiger partial charge in [-0.15, -0.1) is 9.24 Å². The molecular formula is C3H8NOP. The van der Waals surface area contributed by atoms with E-state index in [9.17, 15) is 4.79 Å². The molecule has 2 unspecified atom stereocenters. The normalized spacial score (nSPS) is 15.8. The van der Waals surface area contributed by atoms with Crippen LogP contribution in [0.25, 0.3) is 0 Å². The summed E-state index contributed by atoms with van der Waals surface area (Å²) in [5.74, 6) is 0. The van der Waals surface area contributed by atoms with Crippen LogP contribution in [0.4, 0.5) is 0 Å². The standard InChI is InChI=1S/C3H8NOP/c5-2-1-4-3-6/h2,4H,1,3,6H2/i3T. The van der Waals surface area contributed by atoms with Crippen LogP contribution in [0.15, 0.2) is 0 Å². The molecule has 0 aliphatic rings. The molecule has 0 aliphatic heterocycles. The molecule has 0 spiro atoms. The van der Waals surface area contributed by atoms with E-state index in [1.165, 1.54) is 0 Å². The van der Waals surface area contributed by atoms with Crippen LogP contribution in [0.1, 0.15) is 1.37 Å². The lowest BCUT2D eigenvalue weighted by molar-refractivity contribution is -0.107. The smallest absolute Gasteiger partial charge is 0.133 e. The van der Waals surface area contributed by atoms with Gasteiger partial charge < -0.3 is 10.1 Å². The van der Waals surface area contributed by atoms with Gasteiger partial charge in [0.1, 0.15) is 6.29 Å². The molecule has 0 radical (unpaired) electrons. The fraction of sp³-hybridized carbons (Fsp3) is 0.667. The van der Waals surface area contributed by atoms with Gasteiger partial charge in [-0.05, 0) is 0 Å². The van der Waals surface area contributed by atoms with Gasteiger partial charge in [-0.1, -0.05) is 0 Å². The maximum atomic E-state index is 9.55. The van der Waals surface area contributed by atoms with Crippen LogP contribution < -0.4 is 5.32 Å². The van der Waals surface area contributed by atoms with Crippen LogP contribution in [0, 0.1) is 0 Å². The van der Waals surface area contributed by atoms with Crippen LogP contribution in [-0.4, -0.2) is 19.1 Å². The predicted octanol–water partition coefficient (Wildman–Crippen LogP) is -0.393. The molecule has 0 bridgehead atoms. The van der Waals surface area contributed by atoms with Crippen molar-refractivity contribution in [1.29, 1.82) is 0 Å². The summed E-state index contributed by atoms with van der Waals surface area (Å²) >= 11 is 0. The predicted molar refractivity (Wildman–Crippen MR) is 28.6 cm³/mol. The zero-order chi connectivity index (χ0) is 5.70. The first-order valence-electron chi connectivity index (χ1n) is 2.20. The second-order valence-electron chi connectivity index (χ2n) is 0.742. The average Bonchev–Trinajstić information content (AvgIpc) is 1.61. The summed E-state index contributed by atoms with van der Waals surface area (Å²) in [5, 5.41) is 2.56. The Kier molecular flexibility index (Phi) is 3.56. The Bertz CT molecular complexity index is 58.9. The van der Waals surface area contributed by atoms with Crippen molar-refractivity contribution in [2.75, 3.05) is 12.8 Å². The molecule has 0 saturated carbocycles. The van der Waals surface area contributed by atoms with Crippen molar-refractivity contribution in [3.63, 3.8) is 0 Å². The minimum atomic E-state index is -0.412. The molecule has 0 aromatic rings. The van der Waals surface area contributed by atoms with Crippen molar-refractivity contribution < 1.29 is 6.17 Å². The minimum absolute atomic E-state index is 0.262. The highest BCUT2D eigenvalue weighted by atomic mass is 31.0. The van der Waals surface area contributed by atoms with Crippen LogP contribution >= 0.6 is 9.24 Å². The fourth-order valence-corrected chi connectivity index (χ4v) is 0.252. The molecule has 0 saturated heterocycles. The fourth-order valence-electron chi connectivity index (χ4n) is 0.116. The Morgan fingerprint density at radius 3 is 3.00 bits per heavy atom. The molecule has 0 fully saturated rings. The Hall–Kier alpha value is 0.0600. The topological polar surface area (TPSA) is 29.1 Å². The van der Waals surface area contributed by atoms with Gasteiger partial charge >= 0.3 is 0 Å². The SMILES string of the molecule is [3H]C(P)NCC=O. The van der Waals surface area contributed by atoms with Crippen molar-refractivity contribution in [3.8, 4) is 0 Å². The number of aldehydes is 1. The molecule has 1 N–H and O–H groups in total. The largest absolute Gasteiger partial charge is 0.307 e. The number of rotatable bonds is 3. The summed E-state index contributed by atoms with van der Waals surface area (Å²) < 4.78 is 6.77. The summed E-state index contributed by atoms with van der Waals surface area (Å²) in [7, 11) is 2.20. The van der Waals surface area contributed by atoms with E-state index in [-0.39, 0.29) is 6.54 Å². The molecule has 0 amide bonds. The minimum Gasteiger partial charge on any atom is -0.307 e. The van der Waals surface area contributed by atoms with E-state index >= 15 is 0 Å². The van der Waals surface area contributed by atoms with Gasteiger partial charge in [0.15, 0.2) is 0 Å². The monoisotopic (exact) mass is 107 g/mol. The van der Waals surface area contributed by atoms with E-state index in [0.717, 1.165) is 6.29 Å². The average molecular weight is 107 g/mol. The maximum Gasteiger partial charge on any atom is 0.133 e. The van der Waals surface area contributed by atoms with Crippen molar-refractivity contribution in [2.24, 2.45) is 0 Å². The van der Waals surface area contributed by atoms with Crippen molar-refractivity contribution >= 4 is 15.5 Å². The van der Waals surface area contributed by atoms with Gasteiger partial charge in [-0.3, -0.25) is 0 Å². The summed E-state index contributed by atoms with van der Waals surface area (Å²) in [6.45, 7) is 0.262. The Morgan fingerprint density at radius 2 is 2.83 bits per heavy atom. The third-order valence-electron chi connectivity index (χ3n) is 0.319. The van der Waals surface area contributed by atoms with E-state index in [0.29, 0.717) is 0 Å².